The van der Waals surface area contributed by atoms with E-state index in [4.69, 9.17) is 5.73 Å². The Balaban J connectivity index is 3.47. The molecule has 1 rings (SSSR count). The average molecular weight is 220 g/mol. The van der Waals surface area contributed by atoms with Crippen molar-refractivity contribution in [3.05, 3.63) is 33.9 Å². The molecule has 0 radical (unpaired) electrons. The predicted octanol–water partition coefficient (Wildman–Crippen LogP) is 1.67. The first kappa shape index (κ1) is 12.7. The van der Waals surface area contributed by atoms with E-state index in [9.17, 15) is 4.79 Å². The molecule has 3 N–H and O–H groups in total. The molecule has 1 amide bonds. The third kappa shape index (κ3) is 2.09. The van der Waals surface area contributed by atoms with E-state index in [0.29, 0.717) is 0 Å². The van der Waals surface area contributed by atoms with Crippen LogP contribution in [0.5, 0.6) is 0 Å². The van der Waals surface area contributed by atoms with Crippen LogP contribution in [0, 0.1) is 27.7 Å². The summed E-state index contributed by atoms with van der Waals surface area (Å²) >= 11 is 0. The maximum Gasteiger partial charge on any atom is 0.239 e. The van der Waals surface area contributed by atoms with Gasteiger partial charge in [0.15, 0.2) is 0 Å². The summed E-state index contributed by atoms with van der Waals surface area (Å²) in [6, 6.07) is 1.74. The van der Waals surface area contributed by atoms with Crippen molar-refractivity contribution in [2.45, 2.75) is 33.7 Å². The average Bonchev–Trinajstić information content (AvgIpc) is 2.21. The molecule has 1 aromatic rings. The Morgan fingerprint density at radius 3 is 1.94 bits per heavy atom. The quantitative estimate of drug-likeness (QED) is 0.814. The maximum atomic E-state index is 11.4. The number of hydrogen-bond donors (Lipinski definition) is 2. The smallest absolute Gasteiger partial charge is 0.239 e. The fraction of sp³-hybridized carbons (Fsp3) is 0.462. The van der Waals surface area contributed by atoms with Gasteiger partial charge in [-0.25, -0.2) is 0 Å². The van der Waals surface area contributed by atoms with Crippen molar-refractivity contribution in [1.82, 2.24) is 5.32 Å². The minimum Gasteiger partial charge on any atom is -0.368 e. The molecule has 1 unspecified atom stereocenters. The van der Waals surface area contributed by atoms with E-state index < -0.39 is 6.04 Å². The first-order valence-corrected chi connectivity index (χ1v) is 5.44. The van der Waals surface area contributed by atoms with Gasteiger partial charge in [0.05, 0.1) is 0 Å². The first-order valence-electron chi connectivity index (χ1n) is 5.44. The summed E-state index contributed by atoms with van der Waals surface area (Å²) < 4.78 is 0. The van der Waals surface area contributed by atoms with Crippen LogP contribution in [-0.2, 0) is 4.79 Å². The zero-order chi connectivity index (χ0) is 12.5. The fourth-order valence-corrected chi connectivity index (χ4v) is 2.11. The molecular formula is C13H20N2O. The number of carbonyl (C=O) groups is 1. The van der Waals surface area contributed by atoms with Gasteiger partial charge in [0, 0.05) is 0 Å². The van der Waals surface area contributed by atoms with Crippen molar-refractivity contribution in [3.63, 3.8) is 0 Å². The highest BCUT2D eigenvalue weighted by atomic mass is 16.1. The predicted molar refractivity (Wildman–Crippen MR) is 66.4 cm³/mol. The Morgan fingerprint density at radius 1 is 1.19 bits per heavy atom. The van der Waals surface area contributed by atoms with Crippen LogP contribution in [0.2, 0.25) is 0 Å². The lowest BCUT2D eigenvalue weighted by molar-refractivity contribution is -0.120. The van der Waals surface area contributed by atoms with E-state index in [1.54, 1.807) is 7.05 Å². The van der Waals surface area contributed by atoms with Crippen LogP contribution < -0.4 is 11.1 Å². The largest absolute Gasteiger partial charge is 0.368 e. The molecule has 0 bridgehead atoms. The lowest BCUT2D eigenvalue weighted by Crippen LogP contribution is -2.32. The molecule has 16 heavy (non-hydrogen) atoms. The zero-order valence-corrected chi connectivity index (χ0v) is 10.6. The van der Waals surface area contributed by atoms with E-state index in [1.165, 1.54) is 11.1 Å². The summed E-state index contributed by atoms with van der Waals surface area (Å²) in [5.41, 5.74) is 11.1. The van der Waals surface area contributed by atoms with Gasteiger partial charge in [-0.15, -0.1) is 0 Å². The number of likely N-dealkylation sites (N-methyl/N-ethyl adjacent to an activating group) is 1. The summed E-state index contributed by atoms with van der Waals surface area (Å²) in [6.07, 6.45) is 0. The second-order valence-corrected chi connectivity index (χ2v) is 4.30. The van der Waals surface area contributed by atoms with Gasteiger partial charge in [0.2, 0.25) is 5.91 Å². The lowest BCUT2D eigenvalue weighted by atomic mass is 9.89. The van der Waals surface area contributed by atoms with Crippen molar-refractivity contribution < 1.29 is 4.79 Å². The highest BCUT2D eigenvalue weighted by Crippen LogP contribution is 2.27. The summed E-state index contributed by atoms with van der Waals surface area (Å²) in [5, 5.41) is 2.98. The molecule has 3 nitrogen and oxygen atoms in total. The molecular weight excluding hydrogens is 200 g/mol. The third-order valence-electron chi connectivity index (χ3n) is 3.29. The molecule has 0 heterocycles. The van der Waals surface area contributed by atoms with Gasteiger partial charge in [-0.05, 0) is 62.6 Å². The lowest BCUT2D eigenvalue weighted by Gasteiger charge is -2.21. The third-order valence-corrected chi connectivity index (χ3v) is 3.29. The number of primary amides is 1. The molecule has 88 valence electrons. The number of nitrogens with one attached hydrogen (secondary N) is 1. The standard InChI is InChI=1S/C13H20N2O/c1-7-6-8(2)10(4)11(9(7)3)12(15-5)13(14)16/h6,12,15H,1-5H3,(H2,14,16). The topological polar surface area (TPSA) is 55.1 Å². The number of hydrogen-bond acceptors (Lipinski definition) is 2. The highest BCUT2D eigenvalue weighted by Gasteiger charge is 2.21. The molecule has 1 atom stereocenters. The molecule has 0 aliphatic carbocycles. The number of aryl methyl sites for hydroxylation is 2. The van der Waals surface area contributed by atoms with Gasteiger partial charge in [0.25, 0.3) is 0 Å². The van der Waals surface area contributed by atoms with E-state index in [1.807, 2.05) is 13.8 Å². The molecule has 0 aliphatic rings. The van der Waals surface area contributed by atoms with E-state index in [2.05, 4.69) is 25.2 Å². The van der Waals surface area contributed by atoms with Crippen LogP contribution in [0.4, 0.5) is 0 Å². The van der Waals surface area contributed by atoms with E-state index in [-0.39, 0.29) is 5.91 Å². The van der Waals surface area contributed by atoms with Crippen molar-refractivity contribution in [3.8, 4) is 0 Å². The van der Waals surface area contributed by atoms with Crippen LogP contribution in [0.15, 0.2) is 6.07 Å². The summed E-state index contributed by atoms with van der Waals surface area (Å²) in [6.45, 7) is 8.17. The maximum absolute atomic E-state index is 11.4. The molecule has 0 saturated carbocycles. The number of carbonyl (C=O) groups excluding carboxylic acids is 1. The molecule has 0 saturated heterocycles. The van der Waals surface area contributed by atoms with Crippen LogP contribution in [0.25, 0.3) is 0 Å². The Hall–Kier alpha value is -1.35. The SMILES string of the molecule is CNC(C(N)=O)c1c(C)c(C)cc(C)c1C. The van der Waals surface area contributed by atoms with Gasteiger partial charge in [-0.2, -0.15) is 0 Å². The number of benzene rings is 1. The highest BCUT2D eigenvalue weighted by molar-refractivity contribution is 5.82. The number of amides is 1. The second-order valence-electron chi connectivity index (χ2n) is 4.30. The van der Waals surface area contributed by atoms with Gasteiger partial charge in [-0.1, -0.05) is 6.07 Å². The van der Waals surface area contributed by atoms with Gasteiger partial charge in [-0.3, -0.25) is 4.79 Å². The van der Waals surface area contributed by atoms with E-state index in [0.717, 1.165) is 16.7 Å². The van der Waals surface area contributed by atoms with Crippen molar-refractivity contribution in [1.29, 1.82) is 0 Å². The molecule has 3 heteroatoms. The van der Waals surface area contributed by atoms with Crippen molar-refractivity contribution in [2.24, 2.45) is 5.73 Å². The van der Waals surface area contributed by atoms with Gasteiger partial charge in [0.1, 0.15) is 6.04 Å². The summed E-state index contributed by atoms with van der Waals surface area (Å²) in [4.78, 5) is 11.4. The molecule has 0 fully saturated rings. The van der Waals surface area contributed by atoms with Crippen LogP contribution in [-0.4, -0.2) is 13.0 Å². The Morgan fingerprint density at radius 2 is 1.62 bits per heavy atom. The monoisotopic (exact) mass is 220 g/mol. The van der Waals surface area contributed by atoms with Gasteiger partial charge >= 0.3 is 0 Å². The Labute approximate surface area is 97.0 Å². The van der Waals surface area contributed by atoms with Crippen molar-refractivity contribution in [2.75, 3.05) is 7.05 Å². The zero-order valence-electron chi connectivity index (χ0n) is 10.6. The Bertz CT molecular complexity index is 398. The first-order chi connectivity index (χ1) is 7.40. The van der Waals surface area contributed by atoms with Crippen LogP contribution in [0.1, 0.15) is 33.9 Å². The van der Waals surface area contributed by atoms with Crippen molar-refractivity contribution >= 4 is 5.91 Å². The second kappa shape index (κ2) is 4.66. The fourth-order valence-electron chi connectivity index (χ4n) is 2.11. The minimum absolute atomic E-state index is 0.335. The summed E-state index contributed by atoms with van der Waals surface area (Å²) in [5.74, 6) is -0.335. The van der Waals surface area contributed by atoms with Crippen LogP contribution >= 0.6 is 0 Å². The van der Waals surface area contributed by atoms with Crippen LogP contribution in [0.3, 0.4) is 0 Å². The summed E-state index contributed by atoms with van der Waals surface area (Å²) in [7, 11) is 1.76. The normalized spacial score (nSPS) is 12.6. The Kier molecular flexibility index (Phi) is 3.70. The molecule has 1 aromatic carbocycles. The number of nitrogens with two attached hydrogens (primary N) is 1. The van der Waals surface area contributed by atoms with E-state index >= 15 is 0 Å². The number of rotatable bonds is 3. The molecule has 0 spiro atoms. The van der Waals surface area contributed by atoms with Gasteiger partial charge < -0.3 is 11.1 Å². The molecule has 0 aliphatic heterocycles. The minimum atomic E-state index is -0.404. The molecule has 0 aromatic heterocycles.